The lowest BCUT2D eigenvalue weighted by Crippen LogP contribution is -2.33. The van der Waals surface area contributed by atoms with E-state index in [9.17, 15) is 0 Å². The molecule has 30 heavy (non-hydrogen) atoms. The highest BCUT2D eigenvalue weighted by Crippen LogP contribution is 2.47. The summed E-state index contributed by atoms with van der Waals surface area (Å²) >= 11 is 0. The topological polar surface area (TPSA) is 43.3 Å². The van der Waals surface area contributed by atoms with Crippen LogP contribution in [-0.2, 0) is 0 Å². The zero-order chi connectivity index (χ0) is 20.7. The molecule has 0 bridgehead atoms. The van der Waals surface area contributed by atoms with Crippen LogP contribution in [0, 0.1) is 6.92 Å². The number of hydrazone groups is 1. The van der Waals surface area contributed by atoms with Gasteiger partial charge in [0, 0.05) is 23.1 Å². The number of para-hydroxylation sites is 1. The smallest absolute Gasteiger partial charge is 0.213 e. The SMILES string of the molecule is COc1ccc(C2=NN3[C@H](C2)c2ccccc2O[C@@H]3c2ccc(C)cc2)cc1OC. The Morgan fingerprint density at radius 3 is 2.47 bits per heavy atom. The minimum Gasteiger partial charge on any atom is -0.493 e. The van der Waals surface area contributed by atoms with Gasteiger partial charge in [-0.2, -0.15) is 5.10 Å². The van der Waals surface area contributed by atoms with Crippen molar-refractivity contribution in [3.05, 3.63) is 89.0 Å². The number of rotatable bonds is 4. The molecule has 2 heterocycles. The maximum Gasteiger partial charge on any atom is 0.213 e. The molecule has 0 saturated heterocycles. The summed E-state index contributed by atoms with van der Waals surface area (Å²) in [5.41, 5.74) is 5.53. The lowest BCUT2D eigenvalue weighted by atomic mass is 9.95. The van der Waals surface area contributed by atoms with E-state index in [1.807, 2.05) is 30.3 Å². The second kappa shape index (κ2) is 7.41. The molecular weight excluding hydrogens is 376 g/mol. The summed E-state index contributed by atoms with van der Waals surface area (Å²) in [7, 11) is 3.30. The fraction of sp³-hybridized carbons (Fsp3) is 0.240. The van der Waals surface area contributed by atoms with E-state index in [4.69, 9.17) is 19.3 Å². The first-order valence-electron chi connectivity index (χ1n) is 10.1. The third kappa shape index (κ3) is 3.07. The normalized spacial score (nSPS) is 19.4. The average molecular weight is 400 g/mol. The first-order valence-corrected chi connectivity index (χ1v) is 10.1. The highest BCUT2D eigenvalue weighted by molar-refractivity contribution is 6.02. The highest BCUT2D eigenvalue weighted by atomic mass is 16.5. The monoisotopic (exact) mass is 400 g/mol. The van der Waals surface area contributed by atoms with Gasteiger partial charge in [-0.05, 0) is 31.2 Å². The van der Waals surface area contributed by atoms with Gasteiger partial charge in [-0.1, -0.05) is 48.0 Å². The zero-order valence-electron chi connectivity index (χ0n) is 17.3. The molecule has 5 rings (SSSR count). The molecule has 0 aliphatic carbocycles. The van der Waals surface area contributed by atoms with Crippen LogP contribution in [0.4, 0.5) is 0 Å². The molecule has 5 heteroatoms. The van der Waals surface area contributed by atoms with E-state index in [0.717, 1.165) is 29.0 Å². The zero-order valence-corrected chi connectivity index (χ0v) is 17.3. The maximum absolute atomic E-state index is 6.41. The number of ether oxygens (including phenoxy) is 3. The fourth-order valence-electron chi connectivity index (χ4n) is 4.18. The summed E-state index contributed by atoms with van der Waals surface area (Å²) in [6, 6.07) is 22.8. The number of aryl methyl sites for hydroxylation is 1. The van der Waals surface area contributed by atoms with Crippen molar-refractivity contribution >= 4 is 5.71 Å². The number of benzene rings is 3. The Bertz CT molecular complexity index is 1110. The van der Waals surface area contributed by atoms with Crippen LogP contribution in [0.25, 0.3) is 0 Å². The first-order chi connectivity index (χ1) is 14.7. The predicted octanol–water partition coefficient (Wildman–Crippen LogP) is 5.25. The number of hydrogen-bond acceptors (Lipinski definition) is 5. The molecule has 0 saturated carbocycles. The summed E-state index contributed by atoms with van der Waals surface area (Å²) in [5, 5.41) is 7.12. The molecule has 0 unspecified atom stereocenters. The Balaban J connectivity index is 1.57. The van der Waals surface area contributed by atoms with Crippen LogP contribution in [0.3, 0.4) is 0 Å². The van der Waals surface area contributed by atoms with Crippen LogP contribution in [0.1, 0.15) is 40.9 Å². The minimum absolute atomic E-state index is 0.129. The highest BCUT2D eigenvalue weighted by Gasteiger charge is 2.40. The van der Waals surface area contributed by atoms with Crippen molar-refractivity contribution in [2.75, 3.05) is 14.2 Å². The van der Waals surface area contributed by atoms with Gasteiger partial charge in [0.25, 0.3) is 0 Å². The average Bonchev–Trinajstić information content (AvgIpc) is 3.24. The van der Waals surface area contributed by atoms with Crippen molar-refractivity contribution < 1.29 is 14.2 Å². The summed E-state index contributed by atoms with van der Waals surface area (Å²) < 4.78 is 17.3. The Morgan fingerprint density at radius 2 is 1.70 bits per heavy atom. The number of fused-ring (bicyclic) bond motifs is 3. The predicted molar refractivity (Wildman–Crippen MR) is 116 cm³/mol. The molecule has 0 fully saturated rings. The van der Waals surface area contributed by atoms with Crippen molar-refractivity contribution in [1.82, 2.24) is 5.01 Å². The van der Waals surface area contributed by atoms with Gasteiger partial charge >= 0.3 is 0 Å². The van der Waals surface area contributed by atoms with E-state index in [1.54, 1.807) is 14.2 Å². The van der Waals surface area contributed by atoms with Crippen LogP contribution < -0.4 is 14.2 Å². The third-order valence-corrected chi connectivity index (χ3v) is 5.78. The largest absolute Gasteiger partial charge is 0.493 e. The molecular formula is C25H24N2O3. The van der Waals surface area contributed by atoms with Crippen molar-refractivity contribution in [2.45, 2.75) is 25.6 Å². The van der Waals surface area contributed by atoms with Crippen molar-refractivity contribution in [3.63, 3.8) is 0 Å². The summed E-state index contributed by atoms with van der Waals surface area (Å²) in [6.45, 7) is 2.09. The standard InChI is InChI=1S/C25H24N2O3/c1-16-8-10-17(11-9-16)25-27-21(19-6-4-5-7-22(19)30-25)15-20(26-27)18-12-13-23(28-2)24(14-18)29-3/h4-14,21,25H,15H2,1-3H3/t21-,25-/m1/s1. The quantitative estimate of drug-likeness (QED) is 0.600. The molecule has 0 amide bonds. The van der Waals surface area contributed by atoms with Gasteiger partial charge < -0.3 is 14.2 Å². The van der Waals surface area contributed by atoms with Crippen LogP contribution in [0.2, 0.25) is 0 Å². The molecule has 2 aliphatic heterocycles. The second-order valence-electron chi connectivity index (χ2n) is 7.64. The Labute approximate surface area is 176 Å². The molecule has 0 N–H and O–H groups in total. The molecule has 2 aliphatic rings. The molecule has 3 aromatic carbocycles. The van der Waals surface area contributed by atoms with Gasteiger partial charge in [0.05, 0.1) is 26.0 Å². The molecule has 2 atom stereocenters. The number of nitrogens with zero attached hydrogens (tertiary/aromatic N) is 2. The Morgan fingerprint density at radius 1 is 0.933 bits per heavy atom. The minimum atomic E-state index is -0.261. The molecule has 0 spiro atoms. The van der Waals surface area contributed by atoms with Crippen molar-refractivity contribution in [1.29, 1.82) is 0 Å². The first kappa shape index (κ1) is 18.6. The summed E-state index contributed by atoms with van der Waals surface area (Å²) in [6.07, 6.45) is 0.543. The van der Waals surface area contributed by atoms with E-state index in [0.29, 0.717) is 11.5 Å². The maximum atomic E-state index is 6.41. The van der Waals surface area contributed by atoms with E-state index < -0.39 is 0 Å². The van der Waals surface area contributed by atoms with Crippen LogP contribution in [0.5, 0.6) is 17.2 Å². The van der Waals surface area contributed by atoms with Crippen LogP contribution >= 0.6 is 0 Å². The van der Waals surface area contributed by atoms with Gasteiger partial charge in [0.2, 0.25) is 6.23 Å². The van der Waals surface area contributed by atoms with Crippen molar-refractivity contribution in [2.24, 2.45) is 5.10 Å². The van der Waals surface area contributed by atoms with E-state index in [2.05, 4.69) is 48.3 Å². The van der Waals surface area contributed by atoms with Gasteiger partial charge in [-0.25, -0.2) is 5.01 Å². The molecule has 0 radical (unpaired) electrons. The Kier molecular flexibility index (Phi) is 4.58. The molecule has 152 valence electrons. The lowest BCUT2D eigenvalue weighted by Gasteiger charge is -2.38. The lowest BCUT2D eigenvalue weighted by molar-refractivity contribution is -0.0190. The Hall–Kier alpha value is -3.47. The summed E-state index contributed by atoms with van der Waals surface area (Å²) in [5.74, 6) is 2.34. The molecule has 0 aromatic heterocycles. The van der Waals surface area contributed by atoms with Gasteiger partial charge in [0.1, 0.15) is 5.75 Å². The van der Waals surface area contributed by atoms with Gasteiger partial charge in [-0.15, -0.1) is 0 Å². The van der Waals surface area contributed by atoms with Gasteiger partial charge in [-0.3, -0.25) is 0 Å². The van der Waals surface area contributed by atoms with Crippen LogP contribution in [-0.4, -0.2) is 24.9 Å². The number of methoxy groups -OCH3 is 2. The third-order valence-electron chi connectivity index (χ3n) is 5.78. The summed E-state index contributed by atoms with van der Waals surface area (Å²) in [4.78, 5) is 0. The fourth-order valence-corrected chi connectivity index (χ4v) is 4.18. The van der Waals surface area contributed by atoms with E-state index in [1.165, 1.54) is 11.1 Å². The van der Waals surface area contributed by atoms with E-state index >= 15 is 0 Å². The van der Waals surface area contributed by atoms with Crippen molar-refractivity contribution in [3.8, 4) is 17.2 Å². The second-order valence-corrected chi connectivity index (χ2v) is 7.64. The van der Waals surface area contributed by atoms with E-state index in [-0.39, 0.29) is 12.3 Å². The van der Waals surface area contributed by atoms with Gasteiger partial charge in [0.15, 0.2) is 11.5 Å². The van der Waals surface area contributed by atoms with Crippen LogP contribution in [0.15, 0.2) is 71.8 Å². The molecule has 5 nitrogen and oxygen atoms in total. The molecule has 3 aromatic rings. The number of hydrogen-bond donors (Lipinski definition) is 0.